The topological polar surface area (TPSA) is 37.4 Å². The first-order valence-corrected chi connectivity index (χ1v) is 5.44. The minimum Gasteiger partial charge on any atom is -0.282 e. The number of amides is 2. The molecule has 0 N–H and O–H groups in total. The molecular formula is C11H17NO2. The Morgan fingerprint density at radius 1 is 1.14 bits per heavy atom. The highest BCUT2D eigenvalue weighted by atomic mass is 16.2. The molecule has 0 aliphatic carbocycles. The van der Waals surface area contributed by atoms with Gasteiger partial charge in [-0.15, -0.1) is 0 Å². The van der Waals surface area contributed by atoms with E-state index in [-0.39, 0.29) is 23.7 Å². The molecule has 2 aliphatic heterocycles. The Hall–Kier alpha value is -0.860. The van der Waals surface area contributed by atoms with Gasteiger partial charge in [0.2, 0.25) is 11.8 Å². The van der Waals surface area contributed by atoms with E-state index in [1.807, 2.05) is 6.92 Å². The van der Waals surface area contributed by atoms with Crippen LogP contribution < -0.4 is 0 Å². The largest absolute Gasteiger partial charge is 0.282 e. The molecule has 2 heterocycles. The summed E-state index contributed by atoms with van der Waals surface area (Å²) in [7, 11) is 0. The maximum Gasteiger partial charge on any atom is 0.232 e. The summed E-state index contributed by atoms with van der Waals surface area (Å²) in [6.07, 6.45) is 2.77. The molecule has 2 aliphatic rings. The fourth-order valence-corrected chi connectivity index (χ4v) is 2.73. The van der Waals surface area contributed by atoms with E-state index in [2.05, 4.69) is 6.92 Å². The lowest BCUT2D eigenvalue weighted by Crippen LogP contribution is -2.39. The van der Waals surface area contributed by atoms with Gasteiger partial charge in [0, 0.05) is 18.4 Å². The fraction of sp³-hybridized carbons (Fsp3) is 0.818. The van der Waals surface area contributed by atoms with Gasteiger partial charge in [0.05, 0.1) is 0 Å². The number of imide groups is 1. The van der Waals surface area contributed by atoms with Gasteiger partial charge in [-0.05, 0) is 25.2 Å². The first-order chi connectivity index (χ1) is 6.59. The van der Waals surface area contributed by atoms with E-state index in [1.54, 1.807) is 0 Å². The normalized spacial score (nSPS) is 38.4. The molecule has 2 saturated heterocycles. The van der Waals surface area contributed by atoms with Gasteiger partial charge in [-0.1, -0.05) is 13.8 Å². The molecule has 3 nitrogen and oxygen atoms in total. The quantitative estimate of drug-likeness (QED) is 0.548. The lowest BCUT2D eigenvalue weighted by atomic mass is 9.86. The predicted molar refractivity (Wildman–Crippen MR) is 52.4 cm³/mol. The zero-order valence-electron chi connectivity index (χ0n) is 8.82. The molecule has 3 atom stereocenters. The van der Waals surface area contributed by atoms with E-state index in [9.17, 15) is 9.59 Å². The van der Waals surface area contributed by atoms with Gasteiger partial charge < -0.3 is 0 Å². The lowest BCUT2D eigenvalue weighted by Gasteiger charge is -2.25. The van der Waals surface area contributed by atoms with Crippen LogP contribution in [0.25, 0.3) is 0 Å². The van der Waals surface area contributed by atoms with Crippen LogP contribution >= 0.6 is 0 Å². The predicted octanol–water partition coefficient (Wildman–Crippen LogP) is 1.43. The second-order valence-corrected chi connectivity index (χ2v) is 4.79. The summed E-state index contributed by atoms with van der Waals surface area (Å²) in [5.74, 6) is 0.773. The molecule has 0 aromatic rings. The Kier molecular flexibility index (Phi) is 2.33. The maximum absolute atomic E-state index is 11.8. The molecule has 0 saturated carbocycles. The van der Waals surface area contributed by atoms with E-state index >= 15 is 0 Å². The molecule has 2 fully saturated rings. The van der Waals surface area contributed by atoms with Crippen LogP contribution in [-0.4, -0.2) is 23.3 Å². The minimum atomic E-state index is 0.0213. The van der Waals surface area contributed by atoms with E-state index in [4.69, 9.17) is 0 Å². The Morgan fingerprint density at radius 3 is 2.57 bits per heavy atom. The van der Waals surface area contributed by atoms with Crippen LogP contribution in [-0.2, 0) is 9.59 Å². The third kappa shape index (κ3) is 1.45. The van der Waals surface area contributed by atoms with E-state index in [1.165, 1.54) is 4.90 Å². The number of carbonyl (C=O) groups excluding carboxylic acids is 2. The Bertz CT molecular complexity index is 274. The monoisotopic (exact) mass is 195 g/mol. The minimum absolute atomic E-state index is 0.0213. The van der Waals surface area contributed by atoms with Crippen molar-refractivity contribution < 1.29 is 9.59 Å². The van der Waals surface area contributed by atoms with Gasteiger partial charge in [-0.2, -0.15) is 0 Å². The molecule has 0 aromatic heterocycles. The summed E-state index contributed by atoms with van der Waals surface area (Å²) in [4.78, 5) is 25.1. The third-order valence-electron chi connectivity index (χ3n) is 3.45. The van der Waals surface area contributed by atoms with Gasteiger partial charge in [0.1, 0.15) is 0 Å². The number of hydrogen-bond donors (Lipinski definition) is 0. The van der Waals surface area contributed by atoms with E-state index in [0.717, 1.165) is 19.3 Å². The average Bonchev–Trinajstić information content (AvgIpc) is 2.47. The van der Waals surface area contributed by atoms with Gasteiger partial charge in [0.25, 0.3) is 0 Å². The van der Waals surface area contributed by atoms with Crippen LogP contribution in [0.5, 0.6) is 0 Å². The van der Waals surface area contributed by atoms with Crippen LogP contribution in [0.2, 0.25) is 0 Å². The van der Waals surface area contributed by atoms with Crippen LogP contribution in [0, 0.1) is 17.8 Å². The zero-order chi connectivity index (χ0) is 10.3. The summed E-state index contributed by atoms with van der Waals surface area (Å²) in [6.45, 7) is 4.73. The Labute approximate surface area is 84.5 Å². The van der Waals surface area contributed by atoms with Crippen molar-refractivity contribution in [2.75, 3.05) is 6.54 Å². The molecule has 2 rings (SSSR count). The first kappa shape index (κ1) is 9.69. The van der Waals surface area contributed by atoms with Crippen molar-refractivity contribution in [3.05, 3.63) is 0 Å². The van der Waals surface area contributed by atoms with Crippen LogP contribution in [0.4, 0.5) is 0 Å². The molecule has 2 bridgehead atoms. The first-order valence-electron chi connectivity index (χ1n) is 5.44. The second kappa shape index (κ2) is 3.37. The van der Waals surface area contributed by atoms with E-state index < -0.39 is 0 Å². The van der Waals surface area contributed by atoms with Crippen molar-refractivity contribution in [3.63, 3.8) is 0 Å². The molecule has 14 heavy (non-hydrogen) atoms. The van der Waals surface area contributed by atoms with Crippen molar-refractivity contribution in [1.29, 1.82) is 0 Å². The van der Waals surface area contributed by atoms with Crippen molar-refractivity contribution in [2.24, 2.45) is 17.8 Å². The average molecular weight is 195 g/mol. The second-order valence-electron chi connectivity index (χ2n) is 4.79. The number of hydrogen-bond acceptors (Lipinski definition) is 2. The van der Waals surface area contributed by atoms with Crippen molar-refractivity contribution in [3.8, 4) is 0 Å². The summed E-state index contributed by atoms with van der Waals surface area (Å²) >= 11 is 0. The fourth-order valence-electron chi connectivity index (χ4n) is 2.73. The highest BCUT2D eigenvalue weighted by molar-refractivity contribution is 5.98. The molecule has 78 valence electrons. The molecule has 0 radical (unpaired) electrons. The smallest absolute Gasteiger partial charge is 0.232 e. The molecule has 0 spiro atoms. The molecule has 3 unspecified atom stereocenters. The number of carbonyl (C=O) groups is 2. The summed E-state index contributed by atoms with van der Waals surface area (Å²) < 4.78 is 0. The molecular weight excluding hydrogens is 178 g/mol. The molecule has 0 aromatic carbocycles. The zero-order valence-corrected chi connectivity index (χ0v) is 8.82. The number of fused-ring (bicyclic) bond motifs is 2. The SMILES string of the molecule is CC1CC(C)C(=O)N2CCC(C1)C2=O. The molecule has 2 amide bonds. The van der Waals surface area contributed by atoms with Gasteiger partial charge in [0.15, 0.2) is 0 Å². The van der Waals surface area contributed by atoms with Crippen molar-refractivity contribution in [1.82, 2.24) is 4.90 Å². The highest BCUT2D eigenvalue weighted by Crippen LogP contribution is 2.32. The van der Waals surface area contributed by atoms with Crippen molar-refractivity contribution >= 4 is 11.8 Å². The standard InChI is InChI=1S/C11H17NO2/c1-7-5-8(2)10(13)12-4-3-9(6-7)11(12)14/h7-9H,3-6H2,1-2H3. The summed E-state index contributed by atoms with van der Waals surface area (Å²) in [5, 5.41) is 0. The molecule has 3 heteroatoms. The Balaban J connectivity index is 2.24. The van der Waals surface area contributed by atoms with Crippen LogP contribution in [0.15, 0.2) is 0 Å². The van der Waals surface area contributed by atoms with Crippen molar-refractivity contribution in [2.45, 2.75) is 33.1 Å². The third-order valence-corrected chi connectivity index (χ3v) is 3.45. The van der Waals surface area contributed by atoms with Crippen LogP contribution in [0.3, 0.4) is 0 Å². The Morgan fingerprint density at radius 2 is 1.86 bits per heavy atom. The van der Waals surface area contributed by atoms with E-state index in [0.29, 0.717) is 12.5 Å². The van der Waals surface area contributed by atoms with Gasteiger partial charge in [-0.3, -0.25) is 14.5 Å². The van der Waals surface area contributed by atoms with Gasteiger partial charge >= 0.3 is 0 Å². The maximum atomic E-state index is 11.8. The number of nitrogens with zero attached hydrogens (tertiary/aromatic N) is 1. The lowest BCUT2D eigenvalue weighted by molar-refractivity contribution is -0.147. The summed E-state index contributed by atoms with van der Waals surface area (Å²) in [5.41, 5.74) is 0. The van der Waals surface area contributed by atoms with Gasteiger partial charge in [-0.25, -0.2) is 0 Å². The van der Waals surface area contributed by atoms with Crippen LogP contribution in [0.1, 0.15) is 33.1 Å². The highest BCUT2D eigenvalue weighted by Gasteiger charge is 2.40. The number of rotatable bonds is 0. The summed E-state index contributed by atoms with van der Waals surface area (Å²) in [6, 6.07) is 0.